The predicted molar refractivity (Wildman–Crippen MR) is 84.5 cm³/mol. The summed E-state index contributed by atoms with van der Waals surface area (Å²) in [5.74, 6) is -0.326. The van der Waals surface area contributed by atoms with Gasteiger partial charge in [-0.3, -0.25) is 4.79 Å². The second-order valence-electron chi connectivity index (χ2n) is 6.65. The molecule has 0 atom stereocenters. The van der Waals surface area contributed by atoms with E-state index >= 15 is 0 Å². The van der Waals surface area contributed by atoms with Crippen LogP contribution in [0.1, 0.15) is 26.3 Å². The third-order valence-electron chi connectivity index (χ3n) is 3.55. The highest BCUT2D eigenvalue weighted by Gasteiger charge is 2.27. The Balaban J connectivity index is 1.83. The maximum atomic E-state index is 12.9. The van der Waals surface area contributed by atoms with Crippen molar-refractivity contribution < 1.29 is 18.7 Å². The number of benzene rings is 1. The van der Waals surface area contributed by atoms with Gasteiger partial charge in [-0.2, -0.15) is 0 Å². The molecule has 1 aliphatic rings. The van der Waals surface area contributed by atoms with Crippen molar-refractivity contribution in [2.45, 2.75) is 32.8 Å². The smallest absolute Gasteiger partial charge is 0.410 e. The molecule has 1 heterocycles. The first-order valence-corrected chi connectivity index (χ1v) is 7.75. The van der Waals surface area contributed by atoms with E-state index in [1.54, 1.807) is 21.9 Å². The van der Waals surface area contributed by atoms with Crippen LogP contribution < -0.4 is 0 Å². The van der Waals surface area contributed by atoms with E-state index in [1.807, 2.05) is 20.8 Å². The Labute approximate surface area is 136 Å². The largest absolute Gasteiger partial charge is 0.444 e. The summed E-state index contributed by atoms with van der Waals surface area (Å²) >= 11 is 0. The lowest BCUT2D eigenvalue weighted by Crippen LogP contribution is -2.51. The van der Waals surface area contributed by atoms with Crippen molar-refractivity contribution in [1.82, 2.24) is 9.80 Å². The molecule has 5 nitrogen and oxygen atoms in total. The van der Waals surface area contributed by atoms with Gasteiger partial charge in [-0.1, -0.05) is 12.1 Å². The van der Waals surface area contributed by atoms with E-state index in [1.165, 1.54) is 12.1 Å². The van der Waals surface area contributed by atoms with Gasteiger partial charge < -0.3 is 14.5 Å². The number of piperazine rings is 1. The highest BCUT2D eigenvalue weighted by Crippen LogP contribution is 2.13. The zero-order valence-electron chi connectivity index (χ0n) is 13.8. The Morgan fingerprint density at radius 3 is 2.09 bits per heavy atom. The second kappa shape index (κ2) is 6.98. The van der Waals surface area contributed by atoms with Crippen molar-refractivity contribution in [1.29, 1.82) is 0 Å². The van der Waals surface area contributed by atoms with Gasteiger partial charge in [0.2, 0.25) is 5.91 Å². The summed E-state index contributed by atoms with van der Waals surface area (Å²) in [6, 6.07) is 5.93. The number of ether oxygens (including phenoxy) is 1. The lowest BCUT2D eigenvalue weighted by Gasteiger charge is -2.35. The van der Waals surface area contributed by atoms with Crippen LogP contribution in [0.4, 0.5) is 9.18 Å². The average Bonchev–Trinajstić information content (AvgIpc) is 2.48. The molecule has 0 radical (unpaired) electrons. The van der Waals surface area contributed by atoms with Crippen molar-refractivity contribution in [3.63, 3.8) is 0 Å². The molecule has 0 N–H and O–H groups in total. The first kappa shape index (κ1) is 17.2. The molecule has 23 heavy (non-hydrogen) atoms. The third-order valence-corrected chi connectivity index (χ3v) is 3.55. The van der Waals surface area contributed by atoms with Crippen molar-refractivity contribution in [3.05, 3.63) is 35.6 Å². The maximum Gasteiger partial charge on any atom is 0.410 e. The molecule has 0 aromatic heterocycles. The third kappa shape index (κ3) is 5.23. The Hall–Kier alpha value is -2.11. The van der Waals surface area contributed by atoms with E-state index in [-0.39, 0.29) is 24.2 Å². The Morgan fingerprint density at radius 2 is 1.57 bits per heavy atom. The fourth-order valence-corrected chi connectivity index (χ4v) is 2.35. The van der Waals surface area contributed by atoms with Crippen LogP contribution >= 0.6 is 0 Å². The van der Waals surface area contributed by atoms with E-state index in [4.69, 9.17) is 4.74 Å². The first-order chi connectivity index (χ1) is 10.7. The highest BCUT2D eigenvalue weighted by molar-refractivity contribution is 5.79. The number of hydrogen-bond donors (Lipinski definition) is 0. The number of carbonyl (C=O) groups excluding carboxylic acids is 2. The summed E-state index contributed by atoms with van der Waals surface area (Å²) in [5, 5.41) is 0. The summed E-state index contributed by atoms with van der Waals surface area (Å²) < 4.78 is 18.2. The highest BCUT2D eigenvalue weighted by atomic mass is 19.1. The van der Waals surface area contributed by atoms with E-state index in [2.05, 4.69) is 0 Å². The maximum absolute atomic E-state index is 12.9. The number of nitrogens with zero attached hydrogens (tertiary/aromatic N) is 2. The molecule has 0 saturated carbocycles. The van der Waals surface area contributed by atoms with Crippen molar-refractivity contribution in [3.8, 4) is 0 Å². The minimum Gasteiger partial charge on any atom is -0.444 e. The van der Waals surface area contributed by atoms with Crippen LogP contribution in [-0.2, 0) is 16.0 Å². The zero-order chi connectivity index (χ0) is 17.0. The molecular formula is C17H23FN2O3. The molecule has 0 unspecified atom stereocenters. The molecule has 1 aliphatic heterocycles. The van der Waals surface area contributed by atoms with E-state index in [0.29, 0.717) is 26.2 Å². The molecule has 1 saturated heterocycles. The molecule has 0 aliphatic carbocycles. The molecule has 0 bridgehead atoms. The average molecular weight is 322 g/mol. The van der Waals surface area contributed by atoms with Crippen molar-refractivity contribution in [2.75, 3.05) is 26.2 Å². The fraction of sp³-hybridized carbons (Fsp3) is 0.529. The zero-order valence-corrected chi connectivity index (χ0v) is 13.8. The molecule has 1 fully saturated rings. The SMILES string of the molecule is CC(C)(C)OC(=O)N1CCN(C(=O)Cc2ccc(F)cc2)CC1. The number of carbonyl (C=O) groups is 2. The number of amides is 2. The van der Waals surface area contributed by atoms with Gasteiger partial charge in [-0.05, 0) is 38.5 Å². The summed E-state index contributed by atoms with van der Waals surface area (Å²) in [6.07, 6.45) is -0.102. The van der Waals surface area contributed by atoms with Gasteiger partial charge in [-0.15, -0.1) is 0 Å². The second-order valence-corrected chi connectivity index (χ2v) is 6.65. The van der Waals surface area contributed by atoms with Crippen LogP contribution in [0, 0.1) is 5.82 Å². The minimum absolute atomic E-state index is 0.0135. The molecule has 6 heteroatoms. The van der Waals surface area contributed by atoms with Gasteiger partial charge in [0.05, 0.1) is 6.42 Å². The molecule has 2 rings (SSSR count). The van der Waals surface area contributed by atoms with Crippen molar-refractivity contribution in [2.24, 2.45) is 0 Å². The Bertz CT molecular complexity index is 558. The van der Waals surface area contributed by atoms with Gasteiger partial charge in [-0.25, -0.2) is 9.18 Å². The molecule has 0 spiro atoms. The van der Waals surface area contributed by atoms with Gasteiger partial charge in [0, 0.05) is 26.2 Å². The minimum atomic E-state index is -0.521. The predicted octanol–water partition coefficient (Wildman–Crippen LogP) is 2.45. The quantitative estimate of drug-likeness (QED) is 0.840. The van der Waals surface area contributed by atoms with Crippen LogP contribution in [0.5, 0.6) is 0 Å². The summed E-state index contributed by atoms with van der Waals surface area (Å²) in [7, 11) is 0. The van der Waals surface area contributed by atoms with Crippen LogP contribution in [0.3, 0.4) is 0 Å². The Morgan fingerprint density at radius 1 is 1.04 bits per heavy atom. The van der Waals surface area contributed by atoms with Crippen LogP contribution in [0.25, 0.3) is 0 Å². The standard InChI is InChI=1S/C17H23FN2O3/c1-17(2,3)23-16(22)20-10-8-19(9-11-20)15(21)12-13-4-6-14(18)7-5-13/h4-7H,8-12H2,1-3H3. The number of halogens is 1. The molecule has 1 aromatic rings. The number of hydrogen-bond acceptors (Lipinski definition) is 3. The van der Waals surface area contributed by atoms with E-state index in [0.717, 1.165) is 5.56 Å². The van der Waals surface area contributed by atoms with Gasteiger partial charge in [0.1, 0.15) is 11.4 Å². The number of rotatable bonds is 2. The normalized spacial score (nSPS) is 15.5. The monoisotopic (exact) mass is 322 g/mol. The summed E-state index contributed by atoms with van der Waals surface area (Å²) in [6.45, 7) is 7.38. The molecule has 126 valence electrons. The van der Waals surface area contributed by atoms with Crippen molar-refractivity contribution >= 4 is 12.0 Å². The van der Waals surface area contributed by atoms with Gasteiger partial charge >= 0.3 is 6.09 Å². The fourth-order valence-electron chi connectivity index (χ4n) is 2.35. The lowest BCUT2D eigenvalue weighted by atomic mass is 10.1. The van der Waals surface area contributed by atoms with Gasteiger partial charge in [0.25, 0.3) is 0 Å². The summed E-state index contributed by atoms with van der Waals surface area (Å²) in [5.41, 5.74) is 0.262. The lowest BCUT2D eigenvalue weighted by molar-refractivity contribution is -0.132. The molecule has 1 aromatic carbocycles. The van der Waals surface area contributed by atoms with E-state index in [9.17, 15) is 14.0 Å². The molecule has 2 amide bonds. The van der Waals surface area contributed by atoms with Crippen LogP contribution in [-0.4, -0.2) is 53.6 Å². The topological polar surface area (TPSA) is 49.9 Å². The summed E-state index contributed by atoms with van der Waals surface area (Å²) in [4.78, 5) is 27.6. The van der Waals surface area contributed by atoms with E-state index < -0.39 is 5.60 Å². The van der Waals surface area contributed by atoms with Gasteiger partial charge in [0.15, 0.2) is 0 Å². The molecular weight excluding hydrogens is 299 g/mol. The Kier molecular flexibility index (Phi) is 5.23. The van der Waals surface area contributed by atoms with Crippen LogP contribution in [0.15, 0.2) is 24.3 Å². The van der Waals surface area contributed by atoms with Crippen LogP contribution in [0.2, 0.25) is 0 Å². The first-order valence-electron chi connectivity index (χ1n) is 7.75.